The highest BCUT2D eigenvalue weighted by Crippen LogP contribution is 2.15. The van der Waals surface area contributed by atoms with Crippen LogP contribution in [0.1, 0.15) is 26.7 Å². The maximum atomic E-state index is 9.07. The Hall–Kier alpha value is -0.120. The van der Waals surface area contributed by atoms with Crippen LogP contribution in [0.2, 0.25) is 0 Å². The number of aliphatic hydroxyl groups excluding tert-OH is 1. The molecule has 3 nitrogen and oxygen atoms in total. The normalized spacial score (nSPS) is 35.2. The van der Waals surface area contributed by atoms with Crippen molar-refractivity contribution in [3.63, 3.8) is 0 Å². The summed E-state index contributed by atoms with van der Waals surface area (Å²) in [6.45, 7) is 4.41. The number of aliphatic hydroxyl groups is 1. The lowest BCUT2D eigenvalue weighted by molar-refractivity contribution is -0.207. The van der Waals surface area contributed by atoms with Gasteiger partial charge in [-0.1, -0.05) is 0 Å². The van der Waals surface area contributed by atoms with Gasteiger partial charge in [-0.15, -0.1) is 0 Å². The highest BCUT2D eigenvalue weighted by Gasteiger charge is 2.20. The van der Waals surface area contributed by atoms with Crippen molar-refractivity contribution in [3.8, 4) is 0 Å². The first-order chi connectivity index (χ1) is 5.18. The molecule has 1 rings (SSSR count). The summed E-state index contributed by atoms with van der Waals surface area (Å²) in [6, 6.07) is 0. The monoisotopic (exact) mass is 160 g/mol. The first-order valence-corrected chi connectivity index (χ1v) is 4.13. The molecule has 1 aliphatic heterocycles. The molecule has 0 radical (unpaired) electrons. The number of hydrogen-bond donors (Lipinski definition) is 1. The van der Waals surface area contributed by atoms with Crippen LogP contribution in [0.15, 0.2) is 0 Å². The second-order valence-electron chi connectivity index (χ2n) is 3.07. The Morgan fingerprint density at radius 1 is 1.64 bits per heavy atom. The SMILES string of the molecule is CC(O)CC1CCOC(C)O1. The standard InChI is InChI=1S/C8H16O3/c1-6(9)5-8-3-4-10-7(2)11-8/h6-9H,3-5H2,1-2H3. The van der Waals surface area contributed by atoms with Crippen molar-refractivity contribution in [2.75, 3.05) is 6.61 Å². The van der Waals surface area contributed by atoms with E-state index < -0.39 is 0 Å². The van der Waals surface area contributed by atoms with Crippen molar-refractivity contribution in [2.45, 2.75) is 45.2 Å². The van der Waals surface area contributed by atoms with E-state index in [1.165, 1.54) is 0 Å². The lowest BCUT2D eigenvalue weighted by Crippen LogP contribution is -2.32. The van der Waals surface area contributed by atoms with Crippen molar-refractivity contribution >= 4 is 0 Å². The quantitative estimate of drug-likeness (QED) is 0.652. The molecule has 0 amide bonds. The summed E-state index contributed by atoms with van der Waals surface area (Å²) >= 11 is 0. The van der Waals surface area contributed by atoms with Gasteiger partial charge in [0.15, 0.2) is 6.29 Å². The third kappa shape index (κ3) is 3.18. The van der Waals surface area contributed by atoms with Crippen LogP contribution in [-0.4, -0.2) is 30.2 Å². The molecule has 1 heterocycles. The van der Waals surface area contributed by atoms with Gasteiger partial charge in [0.05, 0.1) is 18.8 Å². The van der Waals surface area contributed by atoms with Crippen molar-refractivity contribution in [3.05, 3.63) is 0 Å². The molecule has 1 aliphatic rings. The van der Waals surface area contributed by atoms with Crippen LogP contribution >= 0.6 is 0 Å². The zero-order chi connectivity index (χ0) is 8.27. The fraction of sp³-hybridized carbons (Fsp3) is 1.00. The Kier molecular flexibility index (Phi) is 3.30. The zero-order valence-electron chi connectivity index (χ0n) is 7.12. The Morgan fingerprint density at radius 2 is 2.36 bits per heavy atom. The van der Waals surface area contributed by atoms with E-state index in [1.54, 1.807) is 6.92 Å². The molecule has 0 bridgehead atoms. The highest BCUT2D eigenvalue weighted by molar-refractivity contribution is 4.65. The molecule has 0 aliphatic carbocycles. The van der Waals surface area contributed by atoms with Crippen molar-refractivity contribution in [1.29, 1.82) is 0 Å². The molecule has 0 aromatic heterocycles. The molecular weight excluding hydrogens is 144 g/mol. The minimum Gasteiger partial charge on any atom is -0.393 e. The Bertz CT molecular complexity index is 112. The zero-order valence-corrected chi connectivity index (χ0v) is 7.12. The van der Waals surface area contributed by atoms with Crippen LogP contribution < -0.4 is 0 Å². The van der Waals surface area contributed by atoms with Crippen LogP contribution in [0.25, 0.3) is 0 Å². The second kappa shape index (κ2) is 4.04. The van der Waals surface area contributed by atoms with Gasteiger partial charge in [-0.05, 0) is 26.7 Å². The third-order valence-electron chi connectivity index (χ3n) is 1.78. The van der Waals surface area contributed by atoms with E-state index in [2.05, 4.69) is 0 Å². The first kappa shape index (κ1) is 8.97. The van der Waals surface area contributed by atoms with Crippen LogP contribution in [0.3, 0.4) is 0 Å². The third-order valence-corrected chi connectivity index (χ3v) is 1.78. The summed E-state index contributed by atoms with van der Waals surface area (Å²) < 4.78 is 10.6. The van der Waals surface area contributed by atoms with Crippen LogP contribution in [-0.2, 0) is 9.47 Å². The Labute approximate surface area is 67.3 Å². The van der Waals surface area contributed by atoms with E-state index in [0.717, 1.165) is 13.0 Å². The molecule has 1 N–H and O–H groups in total. The van der Waals surface area contributed by atoms with Crippen LogP contribution in [0.4, 0.5) is 0 Å². The van der Waals surface area contributed by atoms with E-state index in [-0.39, 0.29) is 18.5 Å². The maximum absolute atomic E-state index is 9.07. The summed E-state index contributed by atoms with van der Waals surface area (Å²) in [7, 11) is 0. The van der Waals surface area contributed by atoms with E-state index in [4.69, 9.17) is 14.6 Å². The molecule has 0 aromatic rings. The van der Waals surface area contributed by atoms with Gasteiger partial charge in [0.1, 0.15) is 0 Å². The summed E-state index contributed by atoms with van der Waals surface area (Å²) in [6.07, 6.45) is 1.42. The fourth-order valence-corrected chi connectivity index (χ4v) is 1.30. The highest BCUT2D eigenvalue weighted by atomic mass is 16.7. The minimum atomic E-state index is -0.273. The molecule has 3 unspecified atom stereocenters. The summed E-state index contributed by atoms with van der Waals surface area (Å²) in [5, 5.41) is 9.07. The molecule has 1 fully saturated rings. The van der Waals surface area contributed by atoms with E-state index in [1.807, 2.05) is 6.92 Å². The van der Waals surface area contributed by atoms with E-state index in [0.29, 0.717) is 6.42 Å². The first-order valence-electron chi connectivity index (χ1n) is 4.13. The van der Waals surface area contributed by atoms with Gasteiger partial charge in [-0.3, -0.25) is 0 Å². The van der Waals surface area contributed by atoms with Crippen molar-refractivity contribution in [1.82, 2.24) is 0 Å². The van der Waals surface area contributed by atoms with Gasteiger partial charge in [-0.2, -0.15) is 0 Å². The molecule has 66 valence electrons. The van der Waals surface area contributed by atoms with Gasteiger partial charge >= 0.3 is 0 Å². The largest absolute Gasteiger partial charge is 0.393 e. The predicted molar refractivity (Wildman–Crippen MR) is 41.2 cm³/mol. The smallest absolute Gasteiger partial charge is 0.155 e. The average molecular weight is 160 g/mol. The molecular formula is C8H16O3. The molecule has 0 spiro atoms. The summed E-state index contributed by atoms with van der Waals surface area (Å²) in [5.74, 6) is 0. The van der Waals surface area contributed by atoms with Crippen LogP contribution in [0, 0.1) is 0 Å². The van der Waals surface area contributed by atoms with Gasteiger partial charge < -0.3 is 14.6 Å². The lowest BCUT2D eigenvalue weighted by Gasteiger charge is -2.28. The Morgan fingerprint density at radius 3 is 2.91 bits per heavy atom. The number of ether oxygens (including phenoxy) is 2. The molecule has 0 saturated carbocycles. The number of hydrogen-bond acceptors (Lipinski definition) is 3. The van der Waals surface area contributed by atoms with E-state index in [9.17, 15) is 0 Å². The van der Waals surface area contributed by atoms with Gasteiger partial charge in [0.2, 0.25) is 0 Å². The minimum absolute atomic E-state index is 0.104. The van der Waals surface area contributed by atoms with Gasteiger partial charge in [0.25, 0.3) is 0 Å². The Balaban J connectivity index is 2.23. The van der Waals surface area contributed by atoms with Gasteiger partial charge in [-0.25, -0.2) is 0 Å². The fourth-order valence-electron chi connectivity index (χ4n) is 1.30. The molecule has 1 saturated heterocycles. The maximum Gasteiger partial charge on any atom is 0.155 e. The van der Waals surface area contributed by atoms with Crippen LogP contribution in [0.5, 0.6) is 0 Å². The van der Waals surface area contributed by atoms with Crippen molar-refractivity contribution < 1.29 is 14.6 Å². The molecule has 3 atom stereocenters. The average Bonchev–Trinajstić information content (AvgIpc) is 1.85. The van der Waals surface area contributed by atoms with E-state index >= 15 is 0 Å². The number of rotatable bonds is 2. The molecule has 3 heteroatoms. The second-order valence-corrected chi connectivity index (χ2v) is 3.07. The topological polar surface area (TPSA) is 38.7 Å². The lowest BCUT2D eigenvalue weighted by atomic mass is 10.1. The molecule has 11 heavy (non-hydrogen) atoms. The predicted octanol–water partition coefficient (Wildman–Crippen LogP) is 0.909. The summed E-state index contributed by atoms with van der Waals surface area (Å²) in [5.41, 5.74) is 0. The van der Waals surface area contributed by atoms with Gasteiger partial charge in [0, 0.05) is 0 Å². The summed E-state index contributed by atoms with van der Waals surface area (Å²) in [4.78, 5) is 0. The molecule has 0 aromatic carbocycles. The van der Waals surface area contributed by atoms with Crippen molar-refractivity contribution in [2.24, 2.45) is 0 Å².